The van der Waals surface area contributed by atoms with Crippen LogP contribution < -0.4 is 32.0 Å². The van der Waals surface area contributed by atoms with Crippen LogP contribution in [-0.2, 0) is 31.0 Å². The Morgan fingerprint density at radius 1 is 0.912 bits per heavy atom. The second-order valence-corrected chi connectivity index (χ2v) is 18.2. The Morgan fingerprint density at radius 3 is 2.13 bits per heavy atom. The van der Waals surface area contributed by atoms with E-state index in [-0.39, 0.29) is 130 Å². The molecule has 0 saturated carbocycles. The number of aryl methyl sites for hydroxylation is 2. The lowest BCUT2D eigenvalue weighted by atomic mass is 9.86. The lowest BCUT2D eigenvalue weighted by molar-refractivity contribution is -0.142. The third-order valence-corrected chi connectivity index (χ3v) is 12.0. The highest BCUT2D eigenvalue weighted by Gasteiger charge is 2.37. The maximum Gasteiger partial charge on any atom is 0.226 e. The minimum absolute atomic E-state index is 0. The van der Waals surface area contributed by atoms with Crippen molar-refractivity contribution in [3.63, 3.8) is 0 Å². The van der Waals surface area contributed by atoms with Crippen LogP contribution in [0.5, 0.6) is 17.2 Å². The first-order chi connectivity index (χ1) is 31.8. The molecule has 2 heterocycles. The van der Waals surface area contributed by atoms with Crippen molar-refractivity contribution >= 4 is 42.7 Å². The number of benzene rings is 3. The fourth-order valence-corrected chi connectivity index (χ4v) is 8.38. The van der Waals surface area contributed by atoms with E-state index in [0.29, 0.717) is 34.1 Å². The number of fused-ring (bicyclic) bond motifs is 5. The first-order valence-electron chi connectivity index (χ1n) is 22.7. The number of nitriles is 1. The molecule has 4 atom stereocenters. The maximum absolute atomic E-state index is 14.9. The molecule has 0 unspecified atom stereocenters. The summed E-state index contributed by atoms with van der Waals surface area (Å²) in [5.41, 5.74) is 22.1. The van der Waals surface area contributed by atoms with Crippen LogP contribution in [-0.4, -0.2) is 95.1 Å². The van der Waals surface area contributed by atoms with Crippen LogP contribution in [0.4, 0.5) is 0 Å². The van der Waals surface area contributed by atoms with Crippen molar-refractivity contribution in [2.75, 3.05) is 39.9 Å². The molecular weight excluding hydrogens is 885 g/mol. The van der Waals surface area contributed by atoms with E-state index in [0.717, 1.165) is 11.1 Å². The fraction of sp³-hybridized carbons (Fsp3) is 0.451. The molecule has 1 aliphatic rings. The number of nitrogens with one attached hydrogen (secondary N) is 1. The quantitative estimate of drug-likeness (QED) is 0.0823. The van der Waals surface area contributed by atoms with Gasteiger partial charge in [-0.2, -0.15) is 18.8 Å². The zero-order valence-electron chi connectivity index (χ0n) is 40.1. The molecule has 0 spiro atoms. The Hall–Kier alpha value is -6.19. The number of ketones is 3. The zero-order chi connectivity index (χ0) is 49.2. The van der Waals surface area contributed by atoms with Gasteiger partial charge in [0.2, 0.25) is 11.8 Å². The average molecular weight is 951 g/mol. The average Bonchev–Trinajstić information content (AvgIpc) is 3.28. The first-order valence-corrected chi connectivity index (χ1v) is 22.7. The molecule has 1 aromatic heterocycles. The monoisotopic (exact) mass is 950 g/mol. The summed E-state index contributed by atoms with van der Waals surface area (Å²) in [4.78, 5) is 82.0. The summed E-state index contributed by atoms with van der Waals surface area (Å²) >= 11 is 0. The molecule has 68 heavy (non-hydrogen) atoms. The predicted octanol–water partition coefficient (Wildman–Crippen LogP) is 5.46. The van der Waals surface area contributed by atoms with Crippen molar-refractivity contribution in [3.8, 4) is 45.8 Å². The van der Waals surface area contributed by atoms with Gasteiger partial charge in [-0.15, -0.1) is 0 Å². The number of nitrogens with two attached hydrogens (primary N) is 3. The molecule has 5 rings (SSSR count). The van der Waals surface area contributed by atoms with E-state index in [1.165, 1.54) is 18.0 Å². The Bertz CT molecular complexity index is 2500. The summed E-state index contributed by atoms with van der Waals surface area (Å²) in [7, 11) is 1.44. The molecule has 4 aromatic rings. The molecule has 8 N–H and O–H groups in total. The Kier molecular flexibility index (Phi) is 19.4. The van der Waals surface area contributed by atoms with Crippen LogP contribution >= 0.6 is 13.5 Å². The lowest BCUT2D eigenvalue weighted by Crippen LogP contribution is -2.46. The lowest BCUT2D eigenvalue weighted by Gasteiger charge is -2.32. The number of hydrogen-bond donors (Lipinski definition) is 5. The van der Waals surface area contributed by atoms with E-state index in [4.69, 9.17) is 36.6 Å². The number of aromatic hydroxyl groups is 1. The minimum atomic E-state index is -1.39. The van der Waals surface area contributed by atoms with Crippen molar-refractivity contribution in [2.24, 2.45) is 29.0 Å². The van der Waals surface area contributed by atoms with Gasteiger partial charge in [0.05, 0.1) is 29.1 Å². The molecule has 4 bridgehead atoms. The van der Waals surface area contributed by atoms with Crippen molar-refractivity contribution in [2.45, 2.75) is 97.6 Å². The number of phenols is 1. The Balaban J connectivity index is 0.0000101. The van der Waals surface area contributed by atoms with Gasteiger partial charge in [0.15, 0.2) is 34.7 Å². The van der Waals surface area contributed by atoms with E-state index in [1.54, 1.807) is 45.0 Å². The largest absolute Gasteiger partial charge is 0.504 e. The van der Waals surface area contributed by atoms with E-state index in [1.807, 2.05) is 30.3 Å². The van der Waals surface area contributed by atoms with Crippen molar-refractivity contribution in [1.29, 1.82) is 5.26 Å². The van der Waals surface area contributed by atoms with E-state index in [2.05, 4.69) is 26.1 Å². The van der Waals surface area contributed by atoms with Gasteiger partial charge >= 0.3 is 0 Å². The van der Waals surface area contributed by atoms with Gasteiger partial charge in [0.25, 0.3) is 0 Å². The predicted molar refractivity (Wildman–Crippen MR) is 265 cm³/mol. The van der Waals surface area contributed by atoms with Gasteiger partial charge in [-0.1, -0.05) is 58.0 Å². The van der Waals surface area contributed by atoms with Crippen LogP contribution in [0.25, 0.3) is 22.5 Å². The maximum atomic E-state index is 14.9. The molecule has 0 saturated heterocycles. The third kappa shape index (κ3) is 13.1. The van der Waals surface area contributed by atoms with Gasteiger partial charge in [0.1, 0.15) is 25.0 Å². The molecule has 3 aromatic carbocycles. The number of phenolic OH excluding ortho intramolecular Hbond substituents is 1. The van der Waals surface area contributed by atoms with Crippen LogP contribution in [0.15, 0.2) is 54.6 Å². The van der Waals surface area contributed by atoms with Crippen LogP contribution in [0.2, 0.25) is 0 Å². The SMILES string of the molecule is Cc1nc(-c2ccc(C(C)(C)C)cc2)nc(C)c1C(=O)C[C@@H](CCN)C(=O)N(C)[C@@H]1C(=O)C[C@@H](C)C(=O)N[C@H](C(=O)CCC#N)Cc2ccc(OCCN)c(c2)-c2cc1cc(OCCN)c2O.S. The van der Waals surface area contributed by atoms with E-state index < -0.39 is 41.5 Å². The molecule has 16 nitrogen and oxygen atoms in total. The van der Waals surface area contributed by atoms with Crippen molar-refractivity contribution in [1.82, 2.24) is 20.2 Å². The number of likely N-dealkylation sites (N-methyl/N-ethyl adjacent to an activating group) is 1. The Morgan fingerprint density at radius 2 is 1.54 bits per heavy atom. The van der Waals surface area contributed by atoms with Gasteiger partial charge in [-0.05, 0) is 79.6 Å². The zero-order valence-corrected chi connectivity index (χ0v) is 41.1. The summed E-state index contributed by atoms with van der Waals surface area (Å²) in [6.45, 7) is 11.8. The second-order valence-electron chi connectivity index (χ2n) is 18.2. The standard InChI is InChI=1S/C51H64N8O8.H2S/c1-29-23-42(62)46(59(7)50(65)34(16-18-53)27-41(61)45-30(2)56-48(57-31(45)3)33-11-13-36(14-12-33)51(4,5)6)35-26-38(47(63)44(28-35)67-22-20-55)37-24-32(10-15-43(37)66-21-19-54)25-39(58-49(29)64)40(60)9-8-17-52;/h10-15,24,26,28-29,34,39,46,63H,8-9,16,18-23,25,27,53-55H2,1-7H3,(H,58,64);1H2/t29-,34-,39+,46+;/m1./s1. The Labute approximate surface area is 405 Å². The number of amides is 2. The smallest absolute Gasteiger partial charge is 0.226 e. The summed E-state index contributed by atoms with van der Waals surface area (Å²) in [5, 5.41) is 23.9. The van der Waals surface area contributed by atoms with Gasteiger partial charge in [-0.25, -0.2) is 9.97 Å². The molecule has 1 aliphatic heterocycles. The number of ether oxygens (including phenoxy) is 2. The normalized spacial score (nSPS) is 16.6. The molecule has 0 fully saturated rings. The third-order valence-electron chi connectivity index (χ3n) is 12.0. The van der Waals surface area contributed by atoms with Crippen LogP contribution in [0, 0.1) is 37.0 Å². The summed E-state index contributed by atoms with van der Waals surface area (Å²) in [6.07, 6.45) is -0.706. The molecule has 0 aliphatic carbocycles. The number of rotatable bonds is 17. The van der Waals surface area contributed by atoms with Gasteiger partial charge in [0, 0.05) is 74.3 Å². The van der Waals surface area contributed by atoms with Crippen LogP contribution in [0.1, 0.15) is 104 Å². The number of hydrogen-bond acceptors (Lipinski definition) is 14. The number of carbonyl (C=O) groups is 5. The molecule has 364 valence electrons. The molecule has 0 radical (unpaired) electrons. The van der Waals surface area contributed by atoms with E-state index in [9.17, 15) is 34.3 Å². The number of aromatic nitrogens is 2. The number of nitrogens with zero attached hydrogens (tertiary/aromatic N) is 4. The topological polar surface area (TPSA) is 267 Å². The molecule has 2 amide bonds. The molecular formula is C51H66N8O8S. The van der Waals surface area contributed by atoms with Gasteiger partial charge in [-0.3, -0.25) is 24.0 Å². The summed E-state index contributed by atoms with van der Waals surface area (Å²) in [6, 6.07) is 15.6. The van der Waals surface area contributed by atoms with Gasteiger partial charge < -0.3 is 42.0 Å². The highest BCUT2D eigenvalue weighted by atomic mass is 32.1. The fourth-order valence-electron chi connectivity index (χ4n) is 8.38. The molecule has 17 heteroatoms. The summed E-state index contributed by atoms with van der Waals surface area (Å²) < 4.78 is 12.0. The number of carbonyl (C=O) groups excluding carboxylic acids is 5. The number of Topliss-reactive ketones (excluding diaryl/α,β-unsaturated/α-hetero) is 3. The van der Waals surface area contributed by atoms with Crippen LogP contribution in [0.3, 0.4) is 0 Å². The second kappa shape index (κ2) is 24.2. The van der Waals surface area contributed by atoms with Crippen molar-refractivity contribution < 1.29 is 38.6 Å². The highest BCUT2D eigenvalue weighted by molar-refractivity contribution is 7.59. The highest BCUT2D eigenvalue weighted by Crippen LogP contribution is 2.45. The first kappa shape index (κ1) is 54.4. The van der Waals surface area contributed by atoms with Crippen molar-refractivity contribution in [3.05, 3.63) is 88.2 Å². The van der Waals surface area contributed by atoms with E-state index >= 15 is 0 Å². The minimum Gasteiger partial charge on any atom is -0.504 e. The summed E-state index contributed by atoms with van der Waals surface area (Å²) in [5.74, 6) is -4.02.